The molecule has 0 spiro atoms. The molecule has 1 aliphatic rings. The molecule has 2 N–H and O–H groups in total. The standard InChI is InChI=1S/C14H26N4/c1-3-5-13-12(2)16-14(17-13)6-4-9-18-10-7-15-8-11-18/h15H,3-11H2,1-2H3,(H,16,17). The summed E-state index contributed by atoms with van der Waals surface area (Å²) >= 11 is 0. The van der Waals surface area contributed by atoms with Gasteiger partial charge in [-0.05, 0) is 26.3 Å². The maximum atomic E-state index is 4.70. The van der Waals surface area contributed by atoms with Crippen molar-refractivity contribution in [3.8, 4) is 0 Å². The smallest absolute Gasteiger partial charge is 0.106 e. The van der Waals surface area contributed by atoms with Crippen LogP contribution in [0, 0.1) is 6.92 Å². The van der Waals surface area contributed by atoms with Gasteiger partial charge in [-0.2, -0.15) is 0 Å². The summed E-state index contributed by atoms with van der Waals surface area (Å²) in [6, 6.07) is 0. The molecule has 1 fully saturated rings. The van der Waals surface area contributed by atoms with Crippen LogP contribution in [0.2, 0.25) is 0 Å². The summed E-state index contributed by atoms with van der Waals surface area (Å²) in [6.45, 7) is 10.2. The summed E-state index contributed by atoms with van der Waals surface area (Å²) in [7, 11) is 0. The fourth-order valence-corrected chi connectivity index (χ4v) is 2.57. The van der Waals surface area contributed by atoms with Gasteiger partial charge in [0.2, 0.25) is 0 Å². The van der Waals surface area contributed by atoms with Gasteiger partial charge < -0.3 is 15.2 Å². The van der Waals surface area contributed by atoms with Gasteiger partial charge in [0.15, 0.2) is 0 Å². The van der Waals surface area contributed by atoms with Crippen molar-refractivity contribution in [3.63, 3.8) is 0 Å². The molecule has 0 atom stereocenters. The number of aromatic amines is 1. The van der Waals surface area contributed by atoms with Gasteiger partial charge in [0.05, 0.1) is 5.69 Å². The van der Waals surface area contributed by atoms with E-state index < -0.39 is 0 Å². The second-order valence-electron chi connectivity index (χ2n) is 5.20. The van der Waals surface area contributed by atoms with E-state index in [2.05, 4.69) is 29.0 Å². The van der Waals surface area contributed by atoms with Gasteiger partial charge in [0, 0.05) is 38.3 Å². The van der Waals surface area contributed by atoms with E-state index in [1.165, 1.54) is 49.7 Å². The molecule has 0 bridgehead atoms. The Morgan fingerprint density at radius 1 is 1.22 bits per heavy atom. The van der Waals surface area contributed by atoms with Crippen molar-refractivity contribution in [1.29, 1.82) is 0 Å². The topological polar surface area (TPSA) is 44.0 Å². The second kappa shape index (κ2) is 6.90. The third-order valence-electron chi connectivity index (χ3n) is 3.62. The molecule has 1 aromatic heterocycles. The molecule has 4 heteroatoms. The number of rotatable bonds is 6. The highest BCUT2D eigenvalue weighted by Gasteiger charge is 2.10. The highest BCUT2D eigenvalue weighted by molar-refractivity contribution is 5.13. The molecular formula is C14H26N4. The third kappa shape index (κ3) is 3.82. The van der Waals surface area contributed by atoms with Gasteiger partial charge >= 0.3 is 0 Å². The highest BCUT2D eigenvalue weighted by Crippen LogP contribution is 2.09. The Labute approximate surface area is 110 Å². The fourth-order valence-electron chi connectivity index (χ4n) is 2.57. The monoisotopic (exact) mass is 250 g/mol. The Hall–Kier alpha value is -0.870. The molecule has 2 rings (SSSR count). The van der Waals surface area contributed by atoms with Crippen LogP contribution in [0.15, 0.2) is 0 Å². The molecule has 1 saturated heterocycles. The zero-order valence-corrected chi connectivity index (χ0v) is 11.8. The number of piperazine rings is 1. The van der Waals surface area contributed by atoms with Gasteiger partial charge in [0.1, 0.15) is 5.82 Å². The van der Waals surface area contributed by atoms with Gasteiger partial charge in [-0.25, -0.2) is 4.98 Å². The lowest BCUT2D eigenvalue weighted by molar-refractivity contribution is 0.238. The summed E-state index contributed by atoms with van der Waals surface area (Å²) < 4.78 is 0. The molecule has 1 aromatic rings. The van der Waals surface area contributed by atoms with E-state index in [1.807, 2.05) is 0 Å². The van der Waals surface area contributed by atoms with E-state index in [-0.39, 0.29) is 0 Å². The molecule has 1 aliphatic heterocycles. The van der Waals surface area contributed by atoms with Gasteiger partial charge in [-0.3, -0.25) is 0 Å². The number of aromatic nitrogens is 2. The van der Waals surface area contributed by atoms with E-state index in [4.69, 9.17) is 4.98 Å². The molecule has 18 heavy (non-hydrogen) atoms. The predicted molar refractivity (Wildman–Crippen MR) is 75.0 cm³/mol. The van der Waals surface area contributed by atoms with Crippen LogP contribution in [0.4, 0.5) is 0 Å². The minimum atomic E-state index is 1.08. The number of aryl methyl sites for hydroxylation is 3. The van der Waals surface area contributed by atoms with Crippen LogP contribution in [-0.2, 0) is 12.8 Å². The Morgan fingerprint density at radius 2 is 2.00 bits per heavy atom. The average molecular weight is 250 g/mol. The Bertz CT molecular complexity index is 353. The van der Waals surface area contributed by atoms with Gasteiger partial charge in [-0.15, -0.1) is 0 Å². The van der Waals surface area contributed by atoms with Crippen molar-refractivity contribution in [2.45, 2.75) is 39.5 Å². The molecular weight excluding hydrogens is 224 g/mol. The van der Waals surface area contributed by atoms with Crippen LogP contribution < -0.4 is 5.32 Å². The zero-order chi connectivity index (χ0) is 12.8. The van der Waals surface area contributed by atoms with Crippen molar-refractivity contribution >= 4 is 0 Å². The summed E-state index contributed by atoms with van der Waals surface area (Å²) in [5.74, 6) is 1.17. The van der Waals surface area contributed by atoms with E-state index in [0.717, 1.165) is 25.9 Å². The van der Waals surface area contributed by atoms with Crippen LogP contribution in [-0.4, -0.2) is 47.6 Å². The Balaban J connectivity index is 1.73. The fraction of sp³-hybridized carbons (Fsp3) is 0.786. The van der Waals surface area contributed by atoms with E-state index >= 15 is 0 Å². The maximum Gasteiger partial charge on any atom is 0.106 e. The van der Waals surface area contributed by atoms with Gasteiger partial charge in [-0.1, -0.05) is 13.3 Å². The second-order valence-corrected chi connectivity index (χ2v) is 5.20. The third-order valence-corrected chi connectivity index (χ3v) is 3.62. The minimum Gasteiger partial charge on any atom is -0.346 e. The molecule has 0 aromatic carbocycles. The van der Waals surface area contributed by atoms with Crippen LogP contribution >= 0.6 is 0 Å². The molecule has 0 amide bonds. The van der Waals surface area contributed by atoms with Crippen LogP contribution in [0.1, 0.15) is 37.0 Å². The lowest BCUT2D eigenvalue weighted by Crippen LogP contribution is -2.43. The highest BCUT2D eigenvalue weighted by atomic mass is 15.2. The maximum absolute atomic E-state index is 4.70. The van der Waals surface area contributed by atoms with Crippen LogP contribution in [0.3, 0.4) is 0 Å². The molecule has 0 aliphatic carbocycles. The first kappa shape index (κ1) is 13.6. The molecule has 4 nitrogen and oxygen atoms in total. The van der Waals surface area contributed by atoms with E-state index in [9.17, 15) is 0 Å². The summed E-state index contributed by atoms with van der Waals surface area (Å²) in [6.07, 6.45) is 4.55. The number of nitrogens with one attached hydrogen (secondary N) is 2. The number of H-pyrrole nitrogens is 1. The summed E-state index contributed by atoms with van der Waals surface area (Å²) in [5, 5.41) is 3.39. The molecule has 2 heterocycles. The van der Waals surface area contributed by atoms with Crippen molar-refractivity contribution in [2.75, 3.05) is 32.7 Å². The van der Waals surface area contributed by atoms with Crippen molar-refractivity contribution in [2.24, 2.45) is 0 Å². The van der Waals surface area contributed by atoms with Crippen LogP contribution in [0.5, 0.6) is 0 Å². The Morgan fingerprint density at radius 3 is 2.72 bits per heavy atom. The molecule has 0 radical (unpaired) electrons. The first-order valence-corrected chi connectivity index (χ1v) is 7.27. The first-order valence-electron chi connectivity index (χ1n) is 7.27. The van der Waals surface area contributed by atoms with Gasteiger partial charge in [0.25, 0.3) is 0 Å². The lowest BCUT2D eigenvalue weighted by atomic mass is 10.2. The summed E-state index contributed by atoms with van der Waals surface area (Å²) in [5.41, 5.74) is 2.52. The number of imidazole rings is 1. The normalized spacial score (nSPS) is 17.2. The minimum absolute atomic E-state index is 1.08. The molecule has 0 saturated carbocycles. The number of hydrogen-bond donors (Lipinski definition) is 2. The summed E-state index contributed by atoms with van der Waals surface area (Å²) in [4.78, 5) is 10.7. The number of hydrogen-bond acceptors (Lipinski definition) is 3. The van der Waals surface area contributed by atoms with Crippen LogP contribution in [0.25, 0.3) is 0 Å². The quantitative estimate of drug-likeness (QED) is 0.804. The average Bonchev–Trinajstić information content (AvgIpc) is 2.72. The molecule has 102 valence electrons. The van der Waals surface area contributed by atoms with E-state index in [1.54, 1.807) is 0 Å². The lowest BCUT2D eigenvalue weighted by Gasteiger charge is -2.26. The number of nitrogens with zero attached hydrogens (tertiary/aromatic N) is 2. The van der Waals surface area contributed by atoms with Crippen molar-refractivity contribution < 1.29 is 0 Å². The predicted octanol–water partition coefficient (Wildman–Crippen LogP) is 1.51. The Kier molecular flexibility index (Phi) is 5.20. The van der Waals surface area contributed by atoms with Crippen molar-refractivity contribution in [3.05, 3.63) is 17.2 Å². The SMILES string of the molecule is CCCc1nc(CCCN2CCNCC2)[nH]c1C. The van der Waals surface area contributed by atoms with Crippen molar-refractivity contribution in [1.82, 2.24) is 20.2 Å². The molecule has 0 unspecified atom stereocenters. The zero-order valence-electron chi connectivity index (χ0n) is 11.8. The largest absolute Gasteiger partial charge is 0.346 e. The van der Waals surface area contributed by atoms with E-state index in [0.29, 0.717) is 0 Å². The first-order chi connectivity index (χ1) is 8.79.